The Labute approximate surface area is 90.8 Å². The molecule has 0 unspecified atom stereocenters. The molecule has 3 nitrogen and oxygen atoms in total. The Kier molecular flexibility index (Phi) is 2.84. The normalized spacial score (nSPS) is 11.0. The van der Waals surface area contributed by atoms with Gasteiger partial charge >= 0.3 is 0 Å². The number of fused-ring (bicyclic) bond motifs is 1. The van der Waals surface area contributed by atoms with Gasteiger partial charge in [-0.2, -0.15) is 0 Å². The lowest BCUT2D eigenvalue weighted by molar-refractivity contribution is 0.201. The summed E-state index contributed by atoms with van der Waals surface area (Å²) in [5, 5.41) is 0. The molecule has 0 aliphatic rings. The number of methoxy groups -OCH3 is 1. The first kappa shape index (κ1) is 9.68. The molecule has 0 N–H and O–H groups in total. The van der Waals surface area contributed by atoms with Crippen LogP contribution in [0.15, 0.2) is 29.0 Å². The number of aromatic nitrogens is 2. The molecule has 4 heteroatoms. The highest BCUT2D eigenvalue weighted by molar-refractivity contribution is 9.10. The highest BCUT2D eigenvalue weighted by Gasteiger charge is 2.00. The van der Waals surface area contributed by atoms with Crippen LogP contribution >= 0.6 is 15.9 Å². The Hall–Kier alpha value is -0.870. The van der Waals surface area contributed by atoms with Crippen molar-refractivity contribution in [3.63, 3.8) is 0 Å². The lowest BCUT2D eigenvalue weighted by Gasteiger charge is -1.92. The zero-order valence-corrected chi connectivity index (χ0v) is 9.49. The average molecular weight is 255 g/mol. The number of ether oxygens (including phenoxy) is 1. The number of hydrogen-bond donors (Lipinski definition) is 0. The van der Waals surface area contributed by atoms with Crippen LogP contribution in [0.4, 0.5) is 0 Å². The van der Waals surface area contributed by atoms with Crippen molar-refractivity contribution in [2.75, 3.05) is 13.7 Å². The second-order valence-corrected chi connectivity index (χ2v) is 4.00. The fraction of sp³-hybridized carbons (Fsp3) is 0.300. The first-order valence-corrected chi connectivity index (χ1v) is 5.21. The molecule has 2 aromatic heterocycles. The van der Waals surface area contributed by atoms with Gasteiger partial charge in [-0.05, 0) is 28.1 Å². The summed E-state index contributed by atoms with van der Waals surface area (Å²) in [5.74, 6) is 0. The second-order valence-electron chi connectivity index (χ2n) is 3.09. The molecule has 0 radical (unpaired) electrons. The first-order chi connectivity index (χ1) is 6.79. The third kappa shape index (κ3) is 1.96. The molecular formula is C10H11BrN2O. The molecule has 0 saturated carbocycles. The lowest BCUT2D eigenvalue weighted by atomic mass is 10.3. The van der Waals surface area contributed by atoms with E-state index in [0.29, 0.717) is 6.61 Å². The van der Waals surface area contributed by atoms with Crippen LogP contribution in [0, 0.1) is 0 Å². The predicted octanol–water partition coefficient (Wildman–Crippen LogP) is 2.29. The molecule has 0 spiro atoms. The van der Waals surface area contributed by atoms with E-state index in [-0.39, 0.29) is 0 Å². The third-order valence-corrected chi connectivity index (χ3v) is 2.50. The Bertz CT molecular complexity index is 439. The van der Waals surface area contributed by atoms with E-state index in [4.69, 9.17) is 4.74 Å². The summed E-state index contributed by atoms with van der Waals surface area (Å²) in [4.78, 5) is 4.45. The summed E-state index contributed by atoms with van der Waals surface area (Å²) in [5.41, 5.74) is 2.03. The van der Waals surface area contributed by atoms with Crippen molar-refractivity contribution in [1.82, 2.24) is 9.38 Å². The summed E-state index contributed by atoms with van der Waals surface area (Å²) in [6.07, 6.45) is 4.88. The number of halogens is 1. The average Bonchev–Trinajstić information content (AvgIpc) is 2.56. The Morgan fingerprint density at radius 1 is 1.43 bits per heavy atom. The van der Waals surface area contributed by atoms with Crippen LogP contribution in [-0.4, -0.2) is 23.1 Å². The minimum atomic E-state index is 0.713. The van der Waals surface area contributed by atoms with Gasteiger partial charge in [0.2, 0.25) is 0 Å². The largest absolute Gasteiger partial charge is 0.384 e. The van der Waals surface area contributed by atoms with Crippen molar-refractivity contribution in [3.05, 3.63) is 34.7 Å². The maximum Gasteiger partial charge on any atom is 0.137 e. The third-order valence-electron chi connectivity index (χ3n) is 2.03. The van der Waals surface area contributed by atoms with E-state index < -0.39 is 0 Å². The van der Waals surface area contributed by atoms with E-state index in [1.807, 2.05) is 28.9 Å². The standard InChI is InChI=1S/C10H11BrN2O/c1-14-5-4-9-7-13-6-8(11)2-3-10(13)12-9/h2-3,6-7H,4-5H2,1H3. The first-order valence-electron chi connectivity index (χ1n) is 4.41. The number of pyridine rings is 1. The second kappa shape index (κ2) is 4.11. The van der Waals surface area contributed by atoms with Crippen LogP contribution in [0.2, 0.25) is 0 Å². The molecule has 0 bridgehead atoms. The molecule has 2 aromatic rings. The molecule has 2 heterocycles. The van der Waals surface area contributed by atoms with Gasteiger partial charge in [0, 0.05) is 30.4 Å². The fourth-order valence-corrected chi connectivity index (χ4v) is 1.70. The van der Waals surface area contributed by atoms with Crippen molar-refractivity contribution in [2.45, 2.75) is 6.42 Å². The van der Waals surface area contributed by atoms with E-state index in [2.05, 4.69) is 20.9 Å². The molecule has 2 rings (SSSR count). The fourth-order valence-electron chi connectivity index (χ4n) is 1.34. The van der Waals surface area contributed by atoms with E-state index >= 15 is 0 Å². The van der Waals surface area contributed by atoms with Crippen molar-refractivity contribution in [3.8, 4) is 0 Å². The van der Waals surface area contributed by atoms with Gasteiger partial charge < -0.3 is 9.14 Å². The molecule has 0 fully saturated rings. The van der Waals surface area contributed by atoms with Crippen LogP contribution < -0.4 is 0 Å². The van der Waals surface area contributed by atoms with Crippen LogP contribution in [0.5, 0.6) is 0 Å². The molecule has 14 heavy (non-hydrogen) atoms. The summed E-state index contributed by atoms with van der Waals surface area (Å²) >= 11 is 3.42. The van der Waals surface area contributed by atoms with Crippen molar-refractivity contribution in [2.24, 2.45) is 0 Å². The summed E-state index contributed by atoms with van der Waals surface area (Å²) in [6.45, 7) is 0.713. The topological polar surface area (TPSA) is 26.5 Å². The summed E-state index contributed by atoms with van der Waals surface area (Å²) < 4.78 is 8.07. The molecule has 0 saturated heterocycles. The van der Waals surface area contributed by atoms with Gasteiger partial charge in [-0.15, -0.1) is 0 Å². The van der Waals surface area contributed by atoms with E-state index in [1.54, 1.807) is 7.11 Å². The molecule has 0 aliphatic heterocycles. The molecular weight excluding hydrogens is 244 g/mol. The smallest absolute Gasteiger partial charge is 0.137 e. The Morgan fingerprint density at radius 2 is 2.29 bits per heavy atom. The predicted molar refractivity (Wildman–Crippen MR) is 58.5 cm³/mol. The van der Waals surface area contributed by atoms with Crippen LogP contribution in [0.3, 0.4) is 0 Å². The SMILES string of the molecule is COCCc1cn2cc(Br)ccc2n1. The maximum absolute atomic E-state index is 5.01. The van der Waals surface area contributed by atoms with Gasteiger partial charge in [-0.1, -0.05) is 0 Å². The zero-order valence-electron chi connectivity index (χ0n) is 7.90. The Morgan fingerprint density at radius 3 is 3.07 bits per heavy atom. The van der Waals surface area contributed by atoms with E-state index in [1.165, 1.54) is 0 Å². The molecule has 0 aliphatic carbocycles. The van der Waals surface area contributed by atoms with Crippen molar-refractivity contribution in [1.29, 1.82) is 0 Å². The Balaban J connectivity index is 2.32. The van der Waals surface area contributed by atoms with Gasteiger partial charge in [0.15, 0.2) is 0 Å². The molecule has 0 atom stereocenters. The summed E-state index contributed by atoms with van der Waals surface area (Å²) in [7, 11) is 1.70. The van der Waals surface area contributed by atoms with Gasteiger partial charge in [0.1, 0.15) is 5.65 Å². The highest BCUT2D eigenvalue weighted by atomic mass is 79.9. The molecule has 0 amide bonds. The zero-order chi connectivity index (χ0) is 9.97. The lowest BCUT2D eigenvalue weighted by Crippen LogP contribution is -1.93. The number of imidazole rings is 1. The number of rotatable bonds is 3. The van der Waals surface area contributed by atoms with Crippen molar-refractivity contribution < 1.29 is 4.74 Å². The van der Waals surface area contributed by atoms with Crippen LogP contribution in [0.25, 0.3) is 5.65 Å². The van der Waals surface area contributed by atoms with Gasteiger partial charge in [-0.3, -0.25) is 0 Å². The monoisotopic (exact) mass is 254 g/mol. The van der Waals surface area contributed by atoms with E-state index in [9.17, 15) is 0 Å². The van der Waals surface area contributed by atoms with E-state index in [0.717, 1.165) is 22.2 Å². The number of nitrogens with zero attached hydrogens (tertiary/aromatic N) is 2. The highest BCUT2D eigenvalue weighted by Crippen LogP contribution is 2.12. The van der Waals surface area contributed by atoms with Gasteiger partial charge in [0.05, 0.1) is 12.3 Å². The van der Waals surface area contributed by atoms with Gasteiger partial charge in [-0.25, -0.2) is 4.98 Å². The molecule has 74 valence electrons. The number of hydrogen-bond acceptors (Lipinski definition) is 2. The minimum absolute atomic E-state index is 0.713. The quantitative estimate of drug-likeness (QED) is 0.841. The summed E-state index contributed by atoms with van der Waals surface area (Å²) in [6, 6.07) is 3.98. The van der Waals surface area contributed by atoms with Crippen LogP contribution in [0.1, 0.15) is 5.69 Å². The van der Waals surface area contributed by atoms with Gasteiger partial charge in [0.25, 0.3) is 0 Å². The van der Waals surface area contributed by atoms with Crippen LogP contribution in [-0.2, 0) is 11.2 Å². The minimum Gasteiger partial charge on any atom is -0.384 e. The molecule has 0 aromatic carbocycles. The maximum atomic E-state index is 5.01. The van der Waals surface area contributed by atoms with Crippen molar-refractivity contribution >= 4 is 21.6 Å².